The fraction of sp³-hybridized carbons (Fsp3) is 0.0714. The van der Waals surface area contributed by atoms with E-state index >= 15 is 0 Å². The van der Waals surface area contributed by atoms with Gasteiger partial charge in [-0.2, -0.15) is 0 Å². The summed E-state index contributed by atoms with van der Waals surface area (Å²) < 4.78 is 5.20. The summed E-state index contributed by atoms with van der Waals surface area (Å²) >= 11 is 0. The van der Waals surface area contributed by atoms with E-state index in [1.807, 2.05) is 36.4 Å². The summed E-state index contributed by atoms with van der Waals surface area (Å²) in [4.78, 5) is 11.0. The maximum atomic E-state index is 11.0. The summed E-state index contributed by atoms with van der Waals surface area (Å²) in [5.41, 5.74) is 4.60. The molecule has 0 N–H and O–H groups in total. The van der Waals surface area contributed by atoms with Crippen LogP contribution in [0.1, 0.15) is 6.92 Å². The topological polar surface area (TPSA) is 26.3 Å². The molecule has 0 unspecified atom stereocenters. The zero-order valence-electron chi connectivity index (χ0n) is 8.86. The van der Waals surface area contributed by atoms with Gasteiger partial charge in [0.05, 0.1) is 0 Å². The first-order valence-corrected chi connectivity index (χ1v) is 5.18. The monoisotopic (exact) mass is 210 g/mol. The van der Waals surface area contributed by atoms with E-state index in [9.17, 15) is 4.79 Å². The molecular formula is C14H10O2. The van der Waals surface area contributed by atoms with Crippen molar-refractivity contribution in [2.75, 3.05) is 0 Å². The lowest BCUT2D eigenvalue weighted by atomic mass is 9.80. The third-order valence-electron chi connectivity index (χ3n) is 2.77. The molecule has 0 fully saturated rings. The summed E-state index contributed by atoms with van der Waals surface area (Å²) in [5, 5.41) is 0. The molecule has 0 aliphatic heterocycles. The molecule has 1 aliphatic rings. The fourth-order valence-corrected chi connectivity index (χ4v) is 2.15. The van der Waals surface area contributed by atoms with Gasteiger partial charge in [-0.05, 0) is 22.8 Å². The van der Waals surface area contributed by atoms with E-state index in [1.165, 1.54) is 12.5 Å². The third-order valence-corrected chi connectivity index (χ3v) is 2.77. The molecule has 1 aliphatic carbocycles. The van der Waals surface area contributed by atoms with E-state index in [1.54, 1.807) is 0 Å². The standard InChI is InChI=1S/C14H10O2/c1-9(15)16-13-8-4-7-12-10-5-2-3-6-11(10)14(12)13/h2-8H,1H3. The molecule has 2 heteroatoms. The third kappa shape index (κ3) is 1.16. The van der Waals surface area contributed by atoms with Gasteiger partial charge in [0, 0.05) is 12.5 Å². The normalized spacial score (nSPS) is 11.1. The van der Waals surface area contributed by atoms with E-state index in [-0.39, 0.29) is 5.97 Å². The van der Waals surface area contributed by atoms with Gasteiger partial charge in [-0.1, -0.05) is 36.4 Å². The van der Waals surface area contributed by atoms with Crippen molar-refractivity contribution in [3.05, 3.63) is 42.5 Å². The molecule has 0 amide bonds. The van der Waals surface area contributed by atoms with Gasteiger partial charge in [0.2, 0.25) is 0 Å². The Morgan fingerprint density at radius 3 is 2.38 bits per heavy atom. The van der Waals surface area contributed by atoms with E-state index in [2.05, 4.69) is 6.07 Å². The number of ether oxygens (including phenoxy) is 1. The van der Waals surface area contributed by atoms with Gasteiger partial charge in [-0.15, -0.1) is 0 Å². The number of hydrogen-bond acceptors (Lipinski definition) is 2. The average molecular weight is 210 g/mol. The molecular weight excluding hydrogens is 200 g/mol. The zero-order valence-corrected chi connectivity index (χ0v) is 8.86. The second kappa shape index (κ2) is 3.20. The maximum absolute atomic E-state index is 11.0. The van der Waals surface area contributed by atoms with Crippen molar-refractivity contribution in [3.8, 4) is 28.0 Å². The highest BCUT2D eigenvalue weighted by molar-refractivity contribution is 6.05. The average Bonchev–Trinajstić information content (AvgIpc) is 2.24. The van der Waals surface area contributed by atoms with Gasteiger partial charge >= 0.3 is 5.97 Å². The molecule has 0 saturated carbocycles. The number of hydrogen-bond donors (Lipinski definition) is 0. The first kappa shape index (κ1) is 9.16. The highest BCUT2D eigenvalue weighted by Gasteiger charge is 2.25. The lowest BCUT2D eigenvalue weighted by Crippen LogP contribution is -2.06. The van der Waals surface area contributed by atoms with Crippen LogP contribution in [0.3, 0.4) is 0 Å². The highest BCUT2D eigenvalue weighted by Crippen LogP contribution is 2.51. The zero-order chi connectivity index (χ0) is 11.1. The van der Waals surface area contributed by atoms with Crippen molar-refractivity contribution in [2.24, 2.45) is 0 Å². The van der Waals surface area contributed by atoms with Crippen LogP contribution in [0, 0.1) is 0 Å². The molecule has 0 spiro atoms. The van der Waals surface area contributed by atoms with E-state index in [4.69, 9.17) is 4.74 Å². The minimum Gasteiger partial charge on any atom is -0.426 e. The first-order chi connectivity index (χ1) is 7.77. The second-order valence-corrected chi connectivity index (χ2v) is 3.82. The molecule has 0 heterocycles. The molecule has 0 bridgehead atoms. The van der Waals surface area contributed by atoms with Crippen LogP contribution < -0.4 is 4.74 Å². The molecule has 0 atom stereocenters. The largest absolute Gasteiger partial charge is 0.426 e. The Hall–Kier alpha value is -2.09. The van der Waals surface area contributed by atoms with Crippen LogP contribution in [0.15, 0.2) is 42.5 Å². The van der Waals surface area contributed by atoms with Gasteiger partial charge in [-0.3, -0.25) is 4.79 Å². The molecule has 0 saturated heterocycles. The second-order valence-electron chi connectivity index (χ2n) is 3.82. The number of carbonyl (C=O) groups is 1. The molecule has 16 heavy (non-hydrogen) atoms. The first-order valence-electron chi connectivity index (χ1n) is 5.18. The summed E-state index contributed by atoms with van der Waals surface area (Å²) in [6, 6.07) is 13.9. The number of esters is 1. The lowest BCUT2D eigenvalue weighted by molar-refractivity contribution is -0.131. The summed E-state index contributed by atoms with van der Waals surface area (Å²) in [6.45, 7) is 1.42. The van der Waals surface area contributed by atoms with Crippen LogP contribution in [-0.4, -0.2) is 5.97 Å². The van der Waals surface area contributed by atoms with E-state index in [0.29, 0.717) is 5.75 Å². The van der Waals surface area contributed by atoms with Crippen LogP contribution in [0.5, 0.6) is 5.75 Å². The number of rotatable bonds is 1. The Morgan fingerprint density at radius 2 is 1.62 bits per heavy atom. The summed E-state index contributed by atoms with van der Waals surface area (Å²) in [7, 11) is 0. The molecule has 3 rings (SSSR count). The van der Waals surface area contributed by atoms with Crippen LogP contribution in [0.4, 0.5) is 0 Å². The van der Waals surface area contributed by atoms with Crippen molar-refractivity contribution in [3.63, 3.8) is 0 Å². The predicted molar refractivity (Wildman–Crippen MR) is 62.2 cm³/mol. The van der Waals surface area contributed by atoms with Crippen LogP contribution in [-0.2, 0) is 4.79 Å². The fourth-order valence-electron chi connectivity index (χ4n) is 2.15. The quantitative estimate of drug-likeness (QED) is 0.455. The minimum atomic E-state index is -0.280. The van der Waals surface area contributed by atoms with Gasteiger partial charge in [0.15, 0.2) is 0 Å². The van der Waals surface area contributed by atoms with Crippen molar-refractivity contribution < 1.29 is 9.53 Å². The summed E-state index contributed by atoms with van der Waals surface area (Å²) in [5.74, 6) is 0.376. The van der Waals surface area contributed by atoms with Crippen LogP contribution >= 0.6 is 0 Å². The number of carbonyl (C=O) groups excluding carboxylic acids is 1. The van der Waals surface area contributed by atoms with E-state index < -0.39 is 0 Å². The highest BCUT2D eigenvalue weighted by atomic mass is 16.5. The van der Waals surface area contributed by atoms with Crippen molar-refractivity contribution in [1.82, 2.24) is 0 Å². The van der Waals surface area contributed by atoms with Crippen molar-refractivity contribution in [2.45, 2.75) is 6.92 Å². The molecule has 0 aromatic heterocycles. The summed E-state index contributed by atoms with van der Waals surface area (Å²) in [6.07, 6.45) is 0. The predicted octanol–water partition coefficient (Wildman–Crippen LogP) is 3.26. The Morgan fingerprint density at radius 1 is 0.938 bits per heavy atom. The molecule has 2 aromatic carbocycles. The van der Waals surface area contributed by atoms with Gasteiger partial charge in [0.1, 0.15) is 5.75 Å². The minimum absolute atomic E-state index is 0.280. The molecule has 2 aromatic rings. The van der Waals surface area contributed by atoms with Gasteiger partial charge in [-0.25, -0.2) is 0 Å². The van der Waals surface area contributed by atoms with Gasteiger partial charge in [0.25, 0.3) is 0 Å². The van der Waals surface area contributed by atoms with Crippen LogP contribution in [0.2, 0.25) is 0 Å². The molecule has 0 radical (unpaired) electrons. The van der Waals surface area contributed by atoms with Crippen molar-refractivity contribution >= 4 is 5.97 Å². The smallest absolute Gasteiger partial charge is 0.308 e. The Balaban J connectivity index is 2.14. The lowest BCUT2D eigenvalue weighted by Gasteiger charge is -2.25. The van der Waals surface area contributed by atoms with Crippen molar-refractivity contribution in [1.29, 1.82) is 0 Å². The molecule has 2 nitrogen and oxygen atoms in total. The van der Waals surface area contributed by atoms with Gasteiger partial charge < -0.3 is 4.74 Å². The van der Waals surface area contributed by atoms with E-state index in [0.717, 1.165) is 16.7 Å². The Bertz CT molecular complexity index is 585. The molecule has 78 valence electrons. The number of benzene rings is 2. The SMILES string of the molecule is CC(=O)Oc1cccc2c1-c1ccccc1-2. The maximum Gasteiger partial charge on any atom is 0.308 e. The Kier molecular flexibility index (Phi) is 1.83. The van der Waals surface area contributed by atoms with Crippen LogP contribution in [0.25, 0.3) is 22.3 Å². The number of fused-ring (bicyclic) bond motifs is 4. The Labute approximate surface area is 93.5 Å².